The second-order valence-electron chi connectivity index (χ2n) is 8.12. The predicted octanol–water partition coefficient (Wildman–Crippen LogP) is 4.09. The SMILES string of the molecule is COC(=O)c1c(C)[nH]c(C(=O)[C@@H](C)OC(=O)c2ccc(C)c(S(=O)(=O)Nc3ccc(F)cc3)c2)c1C. The minimum absolute atomic E-state index is 0.0885. The van der Waals surface area contributed by atoms with Gasteiger partial charge in [-0.25, -0.2) is 22.4 Å². The quantitative estimate of drug-likeness (QED) is 0.340. The van der Waals surface area contributed by atoms with Crippen molar-refractivity contribution in [1.82, 2.24) is 4.98 Å². The molecule has 3 aromatic rings. The molecule has 0 saturated carbocycles. The molecule has 3 rings (SSSR count). The number of hydrogen-bond donors (Lipinski definition) is 2. The third-order valence-electron chi connectivity index (χ3n) is 5.54. The molecule has 0 bridgehead atoms. The molecule has 36 heavy (non-hydrogen) atoms. The molecular formula is C25H25FN2O7S. The fourth-order valence-corrected chi connectivity index (χ4v) is 4.97. The summed E-state index contributed by atoms with van der Waals surface area (Å²) in [5.41, 5.74) is 1.54. The molecule has 1 heterocycles. The molecule has 1 atom stereocenters. The number of benzene rings is 2. The molecule has 0 amide bonds. The Bertz CT molecular complexity index is 1440. The van der Waals surface area contributed by atoms with E-state index in [0.717, 1.165) is 18.2 Å². The zero-order valence-corrected chi connectivity index (χ0v) is 21.1. The Morgan fingerprint density at radius 3 is 2.25 bits per heavy atom. The molecule has 1 aromatic heterocycles. The second kappa shape index (κ2) is 10.3. The molecule has 0 aliphatic heterocycles. The average molecular weight is 517 g/mol. The van der Waals surface area contributed by atoms with Crippen LogP contribution in [0.25, 0.3) is 0 Å². The molecule has 0 fully saturated rings. The standard InChI is InChI=1S/C25H25FN2O7S/c1-13-6-7-17(12-20(13)36(32,33)28-19-10-8-18(26)9-11-19)24(30)35-16(4)23(29)22-14(2)21(15(3)27-22)25(31)34-5/h6-12,16,27-28H,1-5H3/t16-/m1/s1. The van der Waals surface area contributed by atoms with Crippen LogP contribution in [0, 0.1) is 26.6 Å². The van der Waals surface area contributed by atoms with E-state index in [1.165, 1.54) is 38.3 Å². The topological polar surface area (TPSA) is 132 Å². The number of hydrogen-bond acceptors (Lipinski definition) is 7. The zero-order chi connectivity index (χ0) is 26.8. The number of aryl methyl sites for hydroxylation is 2. The number of nitrogens with one attached hydrogen (secondary N) is 2. The number of carbonyl (C=O) groups excluding carboxylic acids is 3. The van der Waals surface area contributed by atoms with E-state index in [4.69, 9.17) is 9.47 Å². The van der Waals surface area contributed by atoms with E-state index in [1.54, 1.807) is 20.8 Å². The third-order valence-corrected chi connectivity index (χ3v) is 7.06. The maximum absolute atomic E-state index is 13.1. The summed E-state index contributed by atoms with van der Waals surface area (Å²) in [6.07, 6.45) is -1.24. The molecule has 9 nitrogen and oxygen atoms in total. The number of aromatic nitrogens is 1. The van der Waals surface area contributed by atoms with Gasteiger partial charge in [-0.3, -0.25) is 9.52 Å². The number of halogens is 1. The lowest BCUT2D eigenvalue weighted by atomic mass is 10.1. The molecule has 2 N–H and O–H groups in total. The summed E-state index contributed by atoms with van der Waals surface area (Å²) in [5.74, 6) is -2.61. The van der Waals surface area contributed by atoms with Crippen LogP contribution < -0.4 is 4.72 Å². The van der Waals surface area contributed by atoms with Crippen molar-refractivity contribution in [2.24, 2.45) is 0 Å². The minimum atomic E-state index is -4.11. The van der Waals surface area contributed by atoms with Gasteiger partial charge in [-0.2, -0.15) is 0 Å². The highest BCUT2D eigenvalue weighted by Crippen LogP contribution is 2.23. The van der Waals surface area contributed by atoms with Gasteiger partial charge in [0.1, 0.15) is 5.82 Å². The van der Waals surface area contributed by atoms with Gasteiger partial charge in [0.05, 0.1) is 28.8 Å². The van der Waals surface area contributed by atoms with Crippen LogP contribution in [0.2, 0.25) is 0 Å². The molecule has 0 aliphatic rings. The van der Waals surface area contributed by atoms with Crippen LogP contribution in [0.15, 0.2) is 47.4 Å². The first-order valence-electron chi connectivity index (χ1n) is 10.8. The highest BCUT2D eigenvalue weighted by Gasteiger charge is 2.28. The summed E-state index contributed by atoms with van der Waals surface area (Å²) in [6.45, 7) is 6.11. The molecule has 11 heteroatoms. The van der Waals surface area contributed by atoms with E-state index in [2.05, 4.69) is 9.71 Å². The Labute approximate surface area is 207 Å². The molecule has 2 aromatic carbocycles. The Balaban J connectivity index is 1.82. The Hall–Kier alpha value is -3.99. The lowest BCUT2D eigenvalue weighted by Gasteiger charge is -2.14. The van der Waals surface area contributed by atoms with Gasteiger partial charge in [-0.05, 0) is 75.2 Å². The molecule has 190 valence electrons. The number of Topliss-reactive ketones (excluding diaryl/α,β-unsaturated/α-hetero) is 1. The molecule has 0 unspecified atom stereocenters. The summed E-state index contributed by atoms with van der Waals surface area (Å²) in [4.78, 5) is 40.3. The minimum Gasteiger partial charge on any atom is -0.465 e. The number of aromatic amines is 1. The number of sulfonamides is 1. The van der Waals surface area contributed by atoms with Gasteiger partial charge in [0.25, 0.3) is 10.0 Å². The molecule has 0 aliphatic carbocycles. The van der Waals surface area contributed by atoms with Crippen LogP contribution in [0.3, 0.4) is 0 Å². The van der Waals surface area contributed by atoms with Gasteiger partial charge in [-0.1, -0.05) is 6.07 Å². The summed E-state index contributed by atoms with van der Waals surface area (Å²) in [5, 5.41) is 0. The number of H-pyrrole nitrogens is 1. The Morgan fingerprint density at radius 2 is 1.64 bits per heavy atom. The van der Waals surface area contributed by atoms with Crippen molar-refractivity contribution in [2.45, 2.75) is 38.7 Å². The van der Waals surface area contributed by atoms with E-state index in [1.807, 2.05) is 0 Å². The van der Waals surface area contributed by atoms with Crippen molar-refractivity contribution in [3.05, 3.63) is 81.9 Å². The number of ether oxygens (including phenoxy) is 2. The number of rotatable bonds is 8. The highest BCUT2D eigenvalue weighted by atomic mass is 32.2. The lowest BCUT2D eigenvalue weighted by molar-refractivity contribution is 0.0316. The van der Waals surface area contributed by atoms with E-state index in [0.29, 0.717) is 16.8 Å². The first-order chi connectivity index (χ1) is 16.9. The number of anilines is 1. The van der Waals surface area contributed by atoms with Gasteiger partial charge in [0.15, 0.2) is 6.10 Å². The van der Waals surface area contributed by atoms with E-state index in [9.17, 15) is 27.2 Å². The van der Waals surface area contributed by atoms with E-state index >= 15 is 0 Å². The summed E-state index contributed by atoms with van der Waals surface area (Å²) < 4.78 is 51.3. The van der Waals surface area contributed by atoms with Crippen molar-refractivity contribution < 1.29 is 36.7 Å². The molecule has 0 spiro atoms. The van der Waals surface area contributed by atoms with Gasteiger partial charge < -0.3 is 14.5 Å². The normalized spacial score (nSPS) is 12.1. The van der Waals surface area contributed by atoms with Crippen LogP contribution >= 0.6 is 0 Å². The van der Waals surface area contributed by atoms with Crippen molar-refractivity contribution >= 4 is 33.4 Å². The van der Waals surface area contributed by atoms with Crippen LogP contribution in [-0.2, 0) is 19.5 Å². The fraction of sp³-hybridized carbons (Fsp3) is 0.240. The van der Waals surface area contributed by atoms with Gasteiger partial charge >= 0.3 is 11.9 Å². The van der Waals surface area contributed by atoms with Crippen LogP contribution in [-0.4, -0.2) is 44.3 Å². The van der Waals surface area contributed by atoms with E-state index < -0.39 is 39.7 Å². The molecule has 0 radical (unpaired) electrons. The summed E-state index contributed by atoms with van der Waals surface area (Å²) in [7, 11) is -2.89. The van der Waals surface area contributed by atoms with Crippen molar-refractivity contribution in [3.63, 3.8) is 0 Å². The fourth-order valence-electron chi connectivity index (χ4n) is 3.63. The lowest BCUT2D eigenvalue weighted by Crippen LogP contribution is -2.25. The molecular weight excluding hydrogens is 491 g/mol. The van der Waals surface area contributed by atoms with Gasteiger partial charge in [0.2, 0.25) is 5.78 Å². The largest absolute Gasteiger partial charge is 0.465 e. The zero-order valence-electron chi connectivity index (χ0n) is 20.3. The monoisotopic (exact) mass is 516 g/mol. The van der Waals surface area contributed by atoms with Crippen LogP contribution in [0.1, 0.15) is 54.9 Å². The van der Waals surface area contributed by atoms with Gasteiger partial charge in [-0.15, -0.1) is 0 Å². The van der Waals surface area contributed by atoms with Crippen molar-refractivity contribution in [1.29, 1.82) is 0 Å². The maximum Gasteiger partial charge on any atom is 0.339 e. The van der Waals surface area contributed by atoms with Crippen LogP contribution in [0.5, 0.6) is 0 Å². The first kappa shape index (κ1) is 26.6. The van der Waals surface area contributed by atoms with Crippen molar-refractivity contribution in [3.8, 4) is 0 Å². The Kier molecular flexibility index (Phi) is 7.63. The number of esters is 2. The van der Waals surface area contributed by atoms with Crippen LogP contribution in [0.4, 0.5) is 10.1 Å². The second-order valence-corrected chi connectivity index (χ2v) is 9.77. The highest BCUT2D eigenvalue weighted by molar-refractivity contribution is 7.92. The summed E-state index contributed by atoms with van der Waals surface area (Å²) in [6, 6.07) is 8.71. The number of methoxy groups -OCH3 is 1. The first-order valence-corrected chi connectivity index (χ1v) is 12.3. The third kappa shape index (κ3) is 5.46. The number of ketones is 1. The smallest absolute Gasteiger partial charge is 0.339 e. The number of carbonyl (C=O) groups is 3. The van der Waals surface area contributed by atoms with E-state index in [-0.39, 0.29) is 27.4 Å². The van der Waals surface area contributed by atoms with Gasteiger partial charge in [0, 0.05) is 11.4 Å². The Morgan fingerprint density at radius 1 is 1.00 bits per heavy atom. The maximum atomic E-state index is 13.1. The average Bonchev–Trinajstić information content (AvgIpc) is 3.13. The van der Waals surface area contributed by atoms with Crippen molar-refractivity contribution in [2.75, 3.05) is 11.8 Å². The predicted molar refractivity (Wildman–Crippen MR) is 129 cm³/mol. The summed E-state index contributed by atoms with van der Waals surface area (Å²) >= 11 is 0. The molecule has 0 saturated heterocycles.